The summed E-state index contributed by atoms with van der Waals surface area (Å²) in [5, 5.41) is 6.85. The zero-order valence-electron chi connectivity index (χ0n) is 20.5. The molecule has 0 spiro atoms. The van der Waals surface area contributed by atoms with Gasteiger partial charge in [-0.15, -0.1) is 0 Å². The van der Waals surface area contributed by atoms with Gasteiger partial charge in [-0.1, -0.05) is 13.8 Å². The van der Waals surface area contributed by atoms with Gasteiger partial charge in [-0.3, -0.25) is 4.68 Å². The van der Waals surface area contributed by atoms with Crippen molar-refractivity contribution >= 4 is 21.7 Å². The first-order valence-corrected chi connectivity index (χ1v) is 13.1. The van der Waals surface area contributed by atoms with Crippen LogP contribution in [0.15, 0.2) is 41.7 Å². The number of hydrogen-bond donors (Lipinski definition) is 1. The Labute approximate surface area is 208 Å². The third-order valence-corrected chi connectivity index (χ3v) is 8.49. The van der Waals surface area contributed by atoms with Crippen LogP contribution in [0.25, 0.3) is 11.3 Å². The molecule has 1 aliphatic rings. The van der Waals surface area contributed by atoms with Gasteiger partial charge < -0.3 is 5.32 Å². The topological polar surface area (TPSA) is 93.0 Å². The zero-order chi connectivity index (χ0) is 26.3. The molecule has 1 fully saturated rings. The number of anilines is 2. The molecule has 1 aliphatic heterocycles. The van der Waals surface area contributed by atoms with Crippen LogP contribution in [-0.4, -0.2) is 45.6 Å². The highest BCUT2D eigenvalue weighted by Gasteiger charge is 2.36. The second-order valence-corrected chi connectivity index (χ2v) is 11.4. The molecule has 0 saturated carbocycles. The van der Waals surface area contributed by atoms with Crippen LogP contribution in [-0.2, 0) is 23.2 Å². The Morgan fingerprint density at radius 3 is 2.39 bits per heavy atom. The molecule has 8 nitrogen and oxygen atoms in total. The van der Waals surface area contributed by atoms with Crippen molar-refractivity contribution < 1.29 is 21.6 Å². The SMILES string of the molecule is Cc1cc(S(=O)(=O)N2CCC(C(C)C)CC2)ccc1Nc1ncc(C(F)(F)F)c(-c2cnn(C)c2)n1. The van der Waals surface area contributed by atoms with Crippen molar-refractivity contribution in [3.05, 3.63) is 47.9 Å². The lowest BCUT2D eigenvalue weighted by molar-refractivity contribution is -0.137. The normalized spacial score (nSPS) is 16.0. The summed E-state index contributed by atoms with van der Waals surface area (Å²) in [6, 6.07) is 4.62. The Morgan fingerprint density at radius 2 is 1.83 bits per heavy atom. The molecule has 194 valence electrons. The Bertz CT molecular complexity index is 1350. The predicted octanol–water partition coefficient (Wildman–Crippen LogP) is 5.00. The molecule has 36 heavy (non-hydrogen) atoms. The molecule has 1 aromatic carbocycles. The van der Waals surface area contributed by atoms with Crippen LogP contribution in [0, 0.1) is 18.8 Å². The van der Waals surface area contributed by atoms with Gasteiger partial charge in [-0.25, -0.2) is 18.4 Å². The number of sulfonamides is 1. The Balaban J connectivity index is 1.58. The van der Waals surface area contributed by atoms with E-state index in [1.165, 1.54) is 27.4 Å². The van der Waals surface area contributed by atoms with Crippen molar-refractivity contribution in [2.24, 2.45) is 18.9 Å². The lowest BCUT2D eigenvalue weighted by Gasteiger charge is -2.33. The van der Waals surface area contributed by atoms with Crippen molar-refractivity contribution in [1.82, 2.24) is 24.1 Å². The first kappa shape index (κ1) is 26.1. The number of benzene rings is 1. The van der Waals surface area contributed by atoms with Crippen LogP contribution < -0.4 is 5.32 Å². The van der Waals surface area contributed by atoms with E-state index >= 15 is 0 Å². The van der Waals surface area contributed by atoms with Gasteiger partial charge >= 0.3 is 6.18 Å². The van der Waals surface area contributed by atoms with Crippen LogP contribution in [0.2, 0.25) is 0 Å². The fraction of sp³-hybridized carbons (Fsp3) is 0.458. The number of nitrogens with zero attached hydrogens (tertiary/aromatic N) is 5. The average Bonchev–Trinajstić information content (AvgIpc) is 3.26. The number of aryl methyl sites for hydroxylation is 2. The standard InChI is InChI=1S/C24H29F3N6O2S/c1-15(2)17-7-9-33(10-8-17)36(34,35)19-5-6-21(16(3)11-19)30-23-28-13-20(24(25,26)27)22(31-23)18-12-29-32(4)14-18/h5-6,11-15,17H,7-10H2,1-4H3,(H,28,30,31). The fourth-order valence-electron chi connectivity index (χ4n) is 4.40. The zero-order valence-corrected chi connectivity index (χ0v) is 21.4. The van der Waals surface area contributed by atoms with Gasteiger partial charge in [0.15, 0.2) is 0 Å². The monoisotopic (exact) mass is 522 g/mol. The Kier molecular flexibility index (Phi) is 7.11. The van der Waals surface area contributed by atoms with Crippen LogP contribution in [0.4, 0.5) is 24.8 Å². The quantitative estimate of drug-likeness (QED) is 0.490. The van der Waals surface area contributed by atoms with Gasteiger partial charge in [0.1, 0.15) is 5.56 Å². The van der Waals surface area contributed by atoms with Crippen molar-refractivity contribution in [2.45, 2.75) is 44.7 Å². The van der Waals surface area contributed by atoms with E-state index in [1.54, 1.807) is 26.1 Å². The molecule has 12 heteroatoms. The second-order valence-electron chi connectivity index (χ2n) is 9.44. The highest BCUT2D eigenvalue weighted by atomic mass is 32.2. The molecule has 3 heterocycles. The molecule has 1 saturated heterocycles. The molecule has 0 amide bonds. The second kappa shape index (κ2) is 9.81. The molecule has 0 bridgehead atoms. The highest BCUT2D eigenvalue weighted by Crippen LogP contribution is 2.36. The number of halogens is 3. The molecule has 4 rings (SSSR count). The number of nitrogens with one attached hydrogen (secondary N) is 1. The Morgan fingerprint density at radius 1 is 1.14 bits per heavy atom. The van der Waals surface area contributed by atoms with Crippen LogP contribution >= 0.6 is 0 Å². The summed E-state index contributed by atoms with van der Waals surface area (Å²) in [6.45, 7) is 7.01. The molecule has 2 aromatic heterocycles. The van der Waals surface area contributed by atoms with E-state index in [0.29, 0.717) is 36.2 Å². The summed E-state index contributed by atoms with van der Waals surface area (Å²) in [4.78, 5) is 8.13. The number of rotatable bonds is 6. The Hall–Kier alpha value is -2.99. The van der Waals surface area contributed by atoms with E-state index in [9.17, 15) is 21.6 Å². The third kappa shape index (κ3) is 5.39. The summed E-state index contributed by atoms with van der Waals surface area (Å²) < 4.78 is 69.9. The van der Waals surface area contributed by atoms with E-state index in [0.717, 1.165) is 19.0 Å². The highest BCUT2D eigenvalue weighted by molar-refractivity contribution is 7.89. The van der Waals surface area contributed by atoms with Gasteiger partial charge in [-0.05, 0) is 55.4 Å². The van der Waals surface area contributed by atoms with Gasteiger partial charge in [0.2, 0.25) is 16.0 Å². The van der Waals surface area contributed by atoms with E-state index in [1.807, 2.05) is 0 Å². The van der Waals surface area contributed by atoms with E-state index < -0.39 is 21.8 Å². The number of hydrogen-bond acceptors (Lipinski definition) is 6. The van der Waals surface area contributed by atoms with Crippen molar-refractivity contribution in [3.63, 3.8) is 0 Å². The maximum Gasteiger partial charge on any atom is 0.419 e. The van der Waals surface area contributed by atoms with E-state index in [-0.39, 0.29) is 22.1 Å². The molecule has 0 atom stereocenters. The van der Waals surface area contributed by atoms with Crippen molar-refractivity contribution in [2.75, 3.05) is 18.4 Å². The summed E-state index contributed by atoms with van der Waals surface area (Å²) in [6.07, 6.45) is 0.498. The molecule has 0 unspecified atom stereocenters. The van der Waals surface area contributed by atoms with Gasteiger partial charge in [0.05, 0.1) is 16.8 Å². The molecular weight excluding hydrogens is 493 g/mol. The largest absolute Gasteiger partial charge is 0.419 e. The molecular formula is C24H29F3N6O2S. The van der Waals surface area contributed by atoms with Crippen LogP contribution in [0.1, 0.15) is 37.8 Å². The average molecular weight is 523 g/mol. The van der Waals surface area contributed by atoms with E-state index in [4.69, 9.17) is 0 Å². The predicted molar refractivity (Wildman–Crippen MR) is 130 cm³/mol. The summed E-state index contributed by atoms with van der Waals surface area (Å²) in [5.41, 5.74) is 0.0220. The van der Waals surface area contributed by atoms with Crippen molar-refractivity contribution in [1.29, 1.82) is 0 Å². The maximum atomic E-state index is 13.5. The lowest BCUT2D eigenvalue weighted by atomic mass is 9.87. The fourth-order valence-corrected chi connectivity index (χ4v) is 5.96. The molecule has 1 N–H and O–H groups in total. The van der Waals surface area contributed by atoms with Crippen LogP contribution in [0.5, 0.6) is 0 Å². The minimum Gasteiger partial charge on any atom is -0.324 e. The number of alkyl halides is 3. The van der Waals surface area contributed by atoms with Crippen molar-refractivity contribution in [3.8, 4) is 11.3 Å². The summed E-state index contributed by atoms with van der Waals surface area (Å²) in [7, 11) is -2.05. The smallest absolute Gasteiger partial charge is 0.324 e. The number of aromatic nitrogens is 4. The maximum absolute atomic E-state index is 13.5. The summed E-state index contributed by atoms with van der Waals surface area (Å²) >= 11 is 0. The molecule has 3 aromatic rings. The van der Waals surface area contributed by atoms with Gasteiger partial charge in [-0.2, -0.15) is 22.6 Å². The van der Waals surface area contributed by atoms with E-state index in [2.05, 4.69) is 34.2 Å². The summed E-state index contributed by atoms with van der Waals surface area (Å²) in [5.74, 6) is 0.995. The number of piperidine rings is 1. The molecule has 0 aliphatic carbocycles. The minimum atomic E-state index is -4.64. The van der Waals surface area contributed by atoms with Crippen LogP contribution in [0.3, 0.4) is 0 Å². The van der Waals surface area contributed by atoms with Gasteiger partial charge in [0, 0.05) is 43.8 Å². The molecule has 0 radical (unpaired) electrons. The first-order chi connectivity index (χ1) is 16.9. The lowest BCUT2D eigenvalue weighted by Crippen LogP contribution is -2.39. The third-order valence-electron chi connectivity index (χ3n) is 6.60. The first-order valence-electron chi connectivity index (χ1n) is 11.7. The minimum absolute atomic E-state index is 0.0451. The van der Waals surface area contributed by atoms with Gasteiger partial charge in [0.25, 0.3) is 0 Å².